The standard InChI is InChI=1S/C19H34N4OS.HI/c1-3-20-19(21-10-7-12-24-4-2)22-14-17-8-5-11-23(15-17)16-18-9-6-13-25-18;/h6,9,13,17H,3-5,7-8,10-12,14-16H2,1-2H3,(H2,20,21,22);1H. The number of guanidine groups is 1. The van der Waals surface area contributed by atoms with Crippen LogP contribution in [0.1, 0.15) is 38.0 Å². The van der Waals surface area contributed by atoms with Gasteiger partial charge < -0.3 is 15.4 Å². The Hall–Kier alpha value is -0.380. The molecule has 26 heavy (non-hydrogen) atoms. The Morgan fingerprint density at radius 3 is 3.00 bits per heavy atom. The van der Waals surface area contributed by atoms with Crippen LogP contribution in [0.3, 0.4) is 0 Å². The number of hydrogen-bond acceptors (Lipinski definition) is 4. The zero-order chi connectivity index (χ0) is 17.7. The van der Waals surface area contributed by atoms with E-state index in [2.05, 4.69) is 40.0 Å². The maximum absolute atomic E-state index is 5.38. The lowest BCUT2D eigenvalue weighted by Crippen LogP contribution is -2.40. The summed E-state index contributed by atoms with van der Waals surface area (Å²) in [5.41, 5.74) is 0. The molecule has 0 spiro atoms. The van der Waals surface area contributed by atoms with Crippen LogP contribution in [0.4, 0.5) is 0 Å². The summed E-state index contributed by atoms with van der Waals surface area (Å²) in [6.07, 6.45) is 3.58. The van der Waals surface area contributed by atoms with Crippen molar-refractivity contribution in [1.29, 1.82) is 0 Å². The molecule has 7 heteroatoms. The topological polar surface area (TPSA) is 48.9 Å². The summed E-state index contributed by atoms with van der Waals surface area (Å²) < 4.78 is 5.38. The summed E-state index contributed by atoms with van der Waals surface area (Å²) in [6.45, 7) is 11.9. The smallest absolute Gasteiger partial charge is 0.191 e. The molecule has 1 unspecified atom stereocenters. The average Bonchev–Trinajstić information content (AvgIpc) is 3.13. The Kier molecular flexibility index (Phi) is 13.3. The fraction of sp³-hybridized carbons (Fsp3) is 0.737. The first-order chi connectivity index (χ1) is 12.3. The highest BCUT2D eigenvalue weighted by molar-refractivity contribution is 14.0. The van der Waals surface area contributed by atoms with Gasteiger partial charge in [0, 0.05) is 50.8 Å². The van der Waals surface area contributed by atoms with Crippen LogP contribution in [-0.4, -0.2) is 56.8 Å². The van der Waals surface area contributed by atoms with Gasteiger partial charge in [0.15, 0.2) is 5.96 Å². The zero-order valence-electron chi connectivity index (χ0n) is 16.2. The number of ether oxygens (including phenoxy) is 1. The van der Waals surface area contributed by atoms with E-state index in [-0.39, 0.29) is 24.0 Å². The van der Waals surface area contributed by atoms with Gasteiger partial charge in [0.05, 0.1) is 0 Å². The zero-order valence-corrected chi connectivity index (χ0v) is 19.4. The molecule has 0 bridgehead atoms. The van der Waals surface area contributed by atoms with Crippen molar-refractivity contribution in [3.8, 4) is 0 Å². The molecule has 1 fully saturated rings. The van der Waals surface area contributed by atoms with Gasteiger partial charge in [-0.1, -0.05) is 6.07 Å². The Morgan fingerprint density at radius 1 is 1.38 bits per heavy atom. The lowest BCUT2D eigenvalue weighted by atomic mass is 9.98. The predicted molar refractivity (Wildman–Crippen MR) is 123 cm³/mol. The van der Waals surface area contributed by atoms with Crippen LogP contribution in [0, 0.1) is 5.92 Å². The van der Waals surface area contributed by atoms with Crippen LogP contribution in [0.5, 0.6) is 0 Å². The first kappa shape index (κ1) is 23.7. The summed E-state index contributed by atoms with van der Waals surface area (Å²) in [4.78, 5) is 8.86. The second kappa shape index (κ2) is 14.6. The van der Waals surface area contributed by atoms with Gasteiger partial charge in [-0.25, -0.2) is 0 Å². The minimum Gasteiger partial charge on any atom is -0.382 e. The SMILES string of the molecule is CCNC(=NCC1CCCN(Cc2cccs2)C1)NCCCOCC.I. The Morgan fingerprint density at radius 2 is 2.27 bits per heavy atom. The van der Waals surface area contributed by atoms with Gasteiger partial charge in [-0.05, 0) is 57.0 Å². The van der Waals surface area contributed by atoms with Crippen molar-refractivity contribution in [2.45, 2.75) is 39.7 Å². The van der Waals surface area contributed by atoms with Crippen LogP contribution in [-0.2, 0) is 11.3 Å². The van der Waals surface area contributed by atoms with E-state index in [1.165, 1.54) is 24.3 Å². The van der Waals surface area contributed by atoms with Crippen LogP contribution in [0.15, 0.2) is 22.5 Å². The Bertz CT molecular complexity index is 484. The molecular formula is C19H35IN4OS. The normalized spacial score (nSPS) is 18.4. The minimum atomic E-state index is 0. The van der Waals surface area contributed by atoms with Gasteiger partial charge in [-0.3, -0.25) is 9.89 Å². The molecule has 2 rings (SSSR count). The van der Waals surface area contributed by atoms with Gasteiger partial charge in [-0.15, -0.1) is 35.3 Å². The number of thiophene rings is 1. The van der Waals surface area contributed by atoms with E-state index in [0.29, 0.717) is 5.92 Å². The lowest BCUT2D eigenvalue weighted by Gasteiger charge is -2.31. The summed E-state index contributed by atoms with van der Waals surface area (Å²) >= 11 is 1.86. The van der Waals surface area contributed by atoms with Crippen LogP contribution in [0.25, 0.3) is 0 Å². The molecular weight excluding hydrogens is 459 g/mol. The number of nitrogens with zero attached hydrogens (tertiary/aromatic N) is 2. The van der Waals surface area contributed by atoms with Gasteiger partial charge in [0.1, 0.15) is 0 Å². The molecule has 1 aromatic rings. The third kappa shape index (κ3) is 9.53. The highest BCUT2D eigenvalue weighted by Crippen LogP contribution is 2.20. The molecule has 1 aliphatic rings. The highest BCUT2D eigenvalue weighted by Gasteiger charge is 2.20. The van der Waals surface area contributed by atoms with Gasteiger partial charge >= 0.3 is 0 Å². The lowest BCUT2D eigenvalue weighted by molar-refractivity contribution is 0.145. The summed E-state index contributed by atoms with van der Waals surface area (Å²) in [5, 5.41) is 8.93. The van der Waals surface area contributed by atoms with E-state index >= 15 is 0 Å². The van der Waals surface area contributed by atoms with Crippen molar-refractivity contribution in [1.82, 2.24) is 15.5 Å². The third-order valence-corrected chi connectivity index (χ3v) is 5.24. The van der Waals surface area contributed by atoms with Crippen LogP contribution in [0.2, 0.25) is 0 Å². The van der Waals surface area contributed by atoms with E-state index in [4.69, 9.17) is 9.73 Å². The van der Waals surface area contributed by atoms with Gasteiger partial charge in [0.25, 0.3) is 0 Å². The number of nitrogens with one attached hydrogen (secondary N) is 2. The van der Waals surface area contributed by atoms with E-state index in [1.807, 2.05) is 18.3 Å². The quantitative estimate of drug-likeness (QED) is 0.226. The Labute approximate surface area is 180 Å². The molecule has 0 saturated carbocycles. The average molecular weight is 494 g/mol. The van der Waals surface area contributed by atoms with Crippen molar-refractivity contribution in [2.75, 3.05) is 45.9 Å². The first-order valence-corrected chi connectivity index (χ1v) is 10.5. The van der Waals surface area contributed by atoms with Crippen molar-refractivity contribution in [2.24, 2.45) is 10.9 Å². The number of rotatable bonds is 10. The molecule has 0 aromatic carbocycles. The van der Waals surface area contributed by atoms with Crippen molar-refractivity contribution in [3.05, 3.63) is 22.4 Å². The molecule has 1 aliphatic heterocycles. The van der Waals surface area contributed by atoms with Crippen LogP contribution >= 0.6 is 35.3 Å². The maximum Gasteiger partial charge on any atom is 0.191 e. The fourth-order valence-electron chi connectivity index (χ4n) is 3.15. The molecule has 150 valence electrons. The fourth-order valence-corrected chi connectivity index (χ4v) is 3.90. The molecule has 2 N–H and O–H groups in total. The van der Waals surface area contributed by atoms with Crippen molar-refractivity contribution >= 4 is 41.3 Å². The molecule has 0 amide bonds. The van der Waals surface area contributed by atoms with E-state index in [1.54, 1.807) is 0 Å². The highest BCUT2D eigenvalue weighted by atomic mass is 127. The molecule has 5 nitrogen and oxygen atoms in total. The molecule has 0 aliphatic carbocycles. The number of aliphatic imine (C=N–C) groups is 1. The molecule has 1 saturated heterocycles. The molecule has 2 heterocycles. The van der Waals surface area contributed by atoms with E-state index in [9.17, 15) is 0 Å². The first-order valence-electron chi connectivity index (χ1n) is 9.66. The number of likely N-dealkylation sites (tertiary alicyclic amines) is 1. The van der Waals surface area contributed by atoms with Gasteiger partial charge in [-0.2, -0.15) is 0 Å². The summed E-state index contributed by atoms with van der Waals surface area (Å²) in [5.74, 6) is 1.60. The minimum absolute atomic E-state index is 0. The van der Waals surface area contributed by atoms with Crippen molar-refractivity contribution in [3.63, 3.8) is 0 Å². The molecule has 1 aromatic heterocycles. The molecule has 0 radical (unpaired) electrons. The largest absolute Gasteiger partial charge is 0.382 e. The number of piperidine rings is 1. The second-order valence-corrected chi connectivity index (χ2v) is 7.55. The predicted octanol–water partition coefficient (Wildman–Crippen LogP) is 3.56. The third-order valence-electron chi connectivity index (χ3n) is 4.38. The maximum atomic E-state index is 5.38. The monoisotopic (exact) mass is 494 g/mol. The Balaban J connectivity index is 0.00000338. The summed E-state index contributed by atoms with van der Waals surface area (Å²) in [7, 11) is 0. The van der Waals surface area contributed by atoms with Crippen molar-refractivity contribution < 1.29 is 4.74 Å². The van der Waals surface area contributed by atoms with Crippen LogP contribution < -0.4 is 10.6 Å². The second-order valence-electron chi connectivity index (χ2n) is 6.52. The number of hydrogen-bond donors (Lipinski definition) is 2. The summed E-state index contributed by atoms with van der Waals surface area (Å²) in [6, 6.07) is 4.38. The van der Waals surface area contributed by atoms with Gasteiger partial charge in [0.2, 0.25) is 0 Å². The van der Waals surface area contributed by atoms with E-state index in [0.717, 1.165) is 58.3 Å². The number of halogens is 1. The molecule has 1 atom stereocenters. The van der Waals surface area contributed by atoms with E-state index < -0.39 is 0 Å².